The minimum absolute atomic E-state index is 0.449. The molecule has 2 fully saturated rings. The molecule has 2 aliphatic heterocycles. The summed E-state index contributed by atoms with van der Waals surface area (Å²) in [4.78, 5) is 0. The summed E-state index contributed by atoms with van der Waals surface area (Å²) >= 11 is 0. The predicted octanol–water partition coefficient (Wildman–Crippen LogP) is 2.98. The lowest BCUT2D eigenvalue weighted by atomic mass is 9.74. The van der Waals surface area contributed by atoms with Gasteiger partial charge in [0.2, 0.25) is 0 Å². The lowest BCUT2D eigenvalue weighted by Gasteiger charge is -2.45. The van der Waals surface area contributed by atoms with Crippen LogP contribution in [0.1, 0.15) is 49.1 Å². The summed E-state index contributed by atoms with van der Waals surface area (Å²) < 4.78 is 1.96. The van der Waals surface area contributed by atoms with Gasteiger partial charge in [-0.25, -0.2) is 4.68 Å². The standard InChI is InChI=1S/C19H25N3O/c1-13-9-14(2)22(21-13)18-8-3-5-15(10-18)19(23)11-16-6-4-7-17(12-19)20-16/h3,5,8-10,16-17,20,23H,4,6-7,11-12H2,1-2H3. The fraction of sp³-hybridized carbons (Fsp3) is 0.526. The van der Waals surface area contributed by atoms with E-state index in [2.05, 4.69) is 41.6 Å². The van der Waals surface area contributed by atoms with Crippen LogP contribution in [-0.4, -0.2) is 27.0 Å². The molecule has 122 valence electrons. The van der Waals surface area contributed by atoms with Crippen LogP contribution in [-0.2, 0) is 5.60 Å². The van der Waals surface area contributed by atoms with E-state index in [1.54, 1.807) is 0 Å². The van der Waals surface area contributed by atoms with E-state index in [1.807, 2.05) is 17.7 Å². The van der Waals surface area contributed by atoms with Gasteiger partial charge in [0, 0.05) is 17.8 Å². The molecule has 2 saturated heterocycles. The second-order valence-corrected chi connectivity index (χ2v) is 7.32. The quantitative estimate of drug-likeness (QED) is 0.896. The third-order valence-corrected chi connectivity index (χ3v) is 5.38. The Kier molecular flexibility index (Phi) is 3.54. The second kappa shape index (κ2) is 5.46. The van der Waals surface area contributed by atoms with Crippen LogP contribution in [0.15, 0.2) is 30.3 Å². The maximum Gasteiger partial charge on any atom is 0.0926 e. The molecule has 4 heteroatoms. The first-order chi connectivity index (χ1) is 11.0. The molecule has 2 N–H and O–H groups in total. The number of hydrogen-bond acceptors (Lipinski definition) is 3. The number of aromatic nitrogens is 2. The summed E-state index contributed by atoms with van der Waals surface area (Å²) in [5, 5.41) is 19.6. The first-order valence-electron chi connectivity index (χ1n) is 8.66. The molecule has 1 aromatic heterocycles. The van der Waals surface area contributed by atoms with Gasteiger partial charge >= 0.3 is 0 Å². The van der Waals surface area contributed by atoms with E-state index in [0.717, 1.165) is 35.5 Å². The molecule has 4 nitrogen and oxygen atoms in total. The number of hydrogen-bond donors (Lipinski definition) is 2. The summed E-state index contributed by atoms with van der Waals surface area (Å²) in [6.07, 6.45) is 5.25. The number of benzene rings is 1. The summed E-state index contributed by atoms with van der Waals surface area (Å²) in [5.41, 5.74) is 3.48. The lowest BCUT2D eigenvalue weighted by molar-refractivity contribution is -0.0358. The summed E-state index contributed by atoms with van der Waals surface area (Å²) in [5.74, 6) is 0. The topological polar surface area (TPSA) is 50.1 Å². The van der Waals surface area contributed by atoms with Crippen LogP contribution < -0.4 is 5.32 Å². The van der Waals surface area contributed by atoms with Crippen molar-refractivity contribution in [1.29, 1.82) is 0 Å². The number of piperidine rings is 2. The molecule has 1 aromatic carbocycles. The van der Waals surface area contributed by atoms with Gasteiger partial charge in [-0.15, -0.1) is 0 Å². The predicted molar refractivity (Wildman–Crippen MR) is 90.7 cm³/mol. The molecular formula is C19H25N3O. The van der Waals surface area contributed by atoms with Crippen LogP contribution in [0, 0.1) is 13.8 Å². The molecule has 0 spiro atoms. The number of fused-ring (bicyclic) bond motifs is 2. The van der Waals surface area contributed by atoms with E-state index in [9.17, 15) is 5.11 Å². The van der Waals surface area contributed by atoms with Gasteiger partial charge in [0.25, 0.3) is 0 Å². The second-order valence-electron chi connectivity index (χ2n) is 7.32. The highest BCUT2D eigenvalue weighted by Gasteiger charge is 2.41. The number of nitrogens with zero attached hydrogens (tertiary/aromatic N) is 2. The van der Waals surface area contributed by atoms with Gasteiger partial charge in [-0.2, -0.15) is 5.10 Å². The van der Waals surface area contributed by atoms with E-state index in [1.165, 1.54) is 19.3 Å². The van der Waals surface area contributed by atoms with Gasteiger partial charge in [-0.1, -0.05) is 18.6 Å². The van der Waals surface area contributed by atoms with E-state index in [0.29, 0.717) is 12.1 Å². The van der Waals surface area contributed by atoms with E-state index in [4.69, 9.17) is 0 Å². The molecule has 2 unspecified atom stereocenters. The number of rotatable bonds is 2. The van der Waals surface area contributed by atoms with Crippen molar-refractivity contribution < 1.29 is 5.11 Å². The Morgan fingerprint density at radius 2 is 1.91 bits per heavy atom. The average molecular weight is 311 g/mol. The van der Waals surface area contributed by atoms with Gasteiger partial charge < -0.3 is 10.4 Å². The third-order valence-electron chi connectivity index (χ3n) is 5.38. The zero-order valence-electron chi connectivity index (χ0n) is 13.9. The van der Waals surface area contributed by atoms with Crippen molar-refractivity contribution in [3.05, 3.63) is 47.3 Å². The molecule has 2 bridgehead atoms. The van der Waals surface area contributed by atoms with Gasteiger partial charge in [0.1, 0.15) is 0 Å². The van der Waals surface area contributed by atoms with Crippen LogP contribution in [0.2, 0.25) is 0 Å². The molecule has 0 aliphatic carbocycles. The molecule has 2 atom stereocenters. The summed E-state index contributed by atoms with van der Waals surface area (Å²) in [7, 11) is 0. The van der Waals surface area contributed by atoms with Crippen molar-refractivity contribution in [2.45, 2.75) is 63.6 Å². The molecular weight excluding hydrogens is 286 g/mol. The molecule has 0 radical (unpaired) electrons. The minimum atomic E-state index is -0.715. The lowest BCUT2D eigenvalue weighted by Crippen LogP contribution is -2.54. The first kappa shape index (κ1) is 14.9. The molecule has 0 amide bonds. The number of nitrogens with one attached hydrogen (secondary N) is 1. The van der Waals surface area contributed by atoms with Gasteiger partial charge in [0.15, 0.2) is 0 Å². The Hall–Kier alpha value is -1.65. The Balaban J connectivity index is 1.69. The highest BCUT2D eigenvalue weighted by molar-refractivity contribution is 5.40. The zero-order valence-corrected chi connectivity index (χ0v) is 13.9. The van der Waals surface area contributed by atoms with Crippen molar-refractivity contribution in [3.63, 3.8) is 0 Å². The van der Waals surface area contributed by atoms with E-state index >= 15 is 0 Å². The van der Waals surface area contributed by atoms with Crippen LogP contribution in [0.4, 0.5) is 0 Å². The van der Waals surface area contributed by atoms with E-state index < -0.39 is 5.60 Å². The Morgan fingerprint density at radius 1 is 1.17 bits per heavy atom. The number of aliphatic hydroxyl groups is 1. The average Bonchev–Trinajstić information content (AvgIpc) is 2.85. The molecule has 23 heavy (non-hydrogen) atoms. The fourth-order valence-corrected chi connectivity index (χ4v) is 4.38. The summed E-state index contributed by atoms with van der Waals surface area (Å²) in [6.45, 7) is 4.07. The van der Waals surface area contributed by atoms with Crippen molar-refractivity contribution >= 4 is 0 Å². The third kappa shape index (κ3) is 2.70. The molecule has 2 aromatic rings. The normalized spacial score (nSPS) is 30.4. The van der Waals surface area contributed by atoms with Crippen LogP contribution in [0.5, 0.6) is 0 Å². The van der Waals surface area contributed by atoms with Gasteiger partial charge in [-0.05, 0) is 63.3 Å². The monoisotopic (exact) mass is 311 g/mol. The van der Waals surface area contributed by atoms with Crippen LogP contribution >= 0.6 is 0 Å². The zero-order chi connectivity index (χ0) is 16.0. The van der Waals surface area contributed by atoms with Crippen molar-refractivity contribution in [3.8, 4) is 5.69 Å². The maximum absolute atomic E-state index is 11.3. The van der Waals surface area contributed by atoms with Crippen molar-refractivity contribution in [2.75, 3.05) is 0 Å². The van der Waals surface area contributed by atoms with Crippen LogP contribution in [0.25, 0.3) is 5.69 Å². The Labute approximate surface area is 137 Å². The SMILES string of the molecule is Cc1cc(C)n(-c2cccc(C3(O)CC4CCCC(C3)N4)c2)n1. The van der Waals surface area contributed by atoms with Gasteiger partial charge in [0.05, 0.1) is 17.0 Å². The first-order valence-corrected chi connectivity index (χ1v) is 8.66. The Morgan fingerprint density at radius 3 is 2.57 bits per heavy atom. The summed E-state index contributed by atoms with van der Waals surface area (Å²) in [6, 6.07) is 11.3. The fourth-order valence-electron chi connectivity index (χ4n) is 4.38. The highest BCUT2D eigenvalue weighted by atomic mass is 16.3. The minimum Gasteiger partial charge on any atom is -0.385 e. The van der Waals surface area contributed by atoms with Gasteiger partial charge in [-0.3, -0.25) is 0 Å². The molecule has 3 heterocycles. The van der Waals surface area contributed by atoms with Crippen molar-refractivity contribution in [1.82, 2.24) is 15.1 Å². The highest BCUT2D eigenvalue weighted by Crippen LogP contribution is 2.40. The molecule has 2 aliphatic rings. The largest absolute Gasteiger partial charge is 0.385 e. The molecule has 4 rings (SSSR count). The van der Waals surface area contributed by atoms with Crippen LogP contribution in [0.3, 0.4) is 0 Å². The number of aryl methyl sites for hydroxylation is 2. The van der Waals surface area contributed by atoms with E-state index in [-0.39, 0.29) is 0 Å². The smallest absolute Gasteiger partial charge is 0.0926 e. The molecule has 0 saturated carbocycles. The van der Waals surface area contributed by atoms with Crippen molar-refractivity contribution in [2.24, 2.45) is 0 Å². The Bertz CT molecular complexity index is 709. The maximum atomic E-state index is 11.3.